The first kappa shape index (κ1) is 14.3. The summed E-state index contributed by atoms with van der Waals surface area (Å²) in [6.45, 7) is 0. The van der Waals surface area contributed by atoms with Crippen LogP contribution in [0.2, 0.25) is 0 Å². The number of carbonyl (C=O) groups is 2. The summed E-state index contributed by atoms with van der Waals surface area (Å²) < 4.78 is 19.1. The number of carbonyl (C=O) groups excluding carboxylic acids is 2. The fourth-order valence-electron chi connectivity index (χ4n) is 1.72. The molecule has 0 heterocycles. The predicted octanol–water partition coefficient (Wildman–Crippen LogP) is 2.42. The van der Waals surface area contributed by atoms with Crippen molar-refractivity contribution in [2.75, 3.05) is 14.2 Å². The standard InChI is InChI=1S/C12H18O6/c1-15-11(13)17-9-7-5-3-4-6-8-10(9)18-12(14)16-2/h3,5,9-10H,4,6-8H2,1-2H3. The van der Waals surface area contributed by atoms with Gasteiger partial charge in [0.15, 0.2) is 0 Å². The van der Waals surface area contributed by atoms with Crippen LogP contribution in [-0.4, -0.2) is 38.7 Å². The van der Waals surface area contributed by atoms with Crippen LogP contribution in [0.4, 0.5) is 9.59 Å². The van der Waals surface area contributed by atoms with Gasteiger partial charge < -0.3 is 18.9 Å². The third-order valence-electron chi connectivity index (χ3n) is 2.64. The monoisotopic (exact) mass is 258 g/mol. The highest BCUT2D eigenvalue weighted by atomic mass is 16.7. The zero-order valence-corrected chi connectivity index (χ0v) is 10.6. The number of rotatable bonds is 2. The molecule has 1 rings (SSSR count). The predicted molar refractivity (Wildman–Crippen MR) is 62.2 cm³/mol. The Morgan fingerprint density at radius 3 is 2.22 bits per heavy atom. The third-order valence-corrected chi connectivity index (χ3v) is 2.64. The van der Waals surface area contributed by atoms with Gasteiger partial charge in [0.05, 0.1) is 14.2 Å². The lowest BCUT2D eigenvalue weighted by Crippen LogP contribution is -2.35. The van der Waals surface area contributed by atoms with Crippen molar-refractivity contribution in [1.29, 1.82) is 0 Å². The lowest BCUT2D eigenvalue weighted by molar-refractivity contribution is -0.0510. The Hall–Kier alpha value is -1.72. The van der Waals surface area contributed by atoms with E-state index >= 15 is 0 Å². The minimum atomic E-state index is -0.785. The van der Waals surface area contributed by atoms with Crippen LogP contribution < -0.4 is 0 Å². The summed E-state index contributed by atoms with van der Waals surface area (Å²) in [5, 5.41) is 0. The van der Waals surface area contributed by atoms with Crippen molar-refractivity contribution in [2.45, 2.75) is 37.9 Å². The summed E-state index contributed by atoms with van der Waals surface area (Å²) in [7, 11) is 2.47. The first-order valence-corrected chi connectivity index (χ1v) is 5.81. The number of hydrogen-bond acceptors (Lipinski definition) is 6. The largest absolute Gasteiger partial charge is 0.508 e. The molecular weight excluding hydrogens is 240 g/mol. The van der Waals surface area contributed by atoms with Crippen LogP contribution in [0.1, 0.15) is 25.7 Å². The van der Waals surface area contributed by atoms with E-state index in [2.05, 4.69) is 9.47 Å². The highest BCUT2D eigenvalue weighted by molar-refractivity contribution is 5.61. The summed E-state index contributed by atoms with van der Waals surface area (Å²) in [5.41, 5.74) is 0. The minimum absolute atomic E-state index is 0.483. The van der Waals surface area contributed by atoms with Crippen molar-refractivity contribution in [3.8, 4) is 0 Å². The maximum Gasteiger partial charge on any atom is 0.508 e. The normalized spacial score (nSPS) is 23.4. The van der Waals surface area contributed by atoms with E-state index in [1.54, 1.807) is 0 Å². The van der Waals surface area contributed by atoms with Gasteiger partial charge in [-0.3, -0.25) is 0 Å². The highest BCUT2D eigenvalue weighted by Crippen LogP contribution is 2.20. The molecule has 0 spiro atoms. The van der Waals surface area contributed by atoms with Crippen molar-refractivity contribution >= 4 is 12.3 Å². The minimum Gasteiger partial charge on any atom is -0.438 e. The second kappa shape index (κ2) is 7.58. The van der Waals surface area contributed by atoms with E-state index < -0.39 is 24.5 Å². The van der Waals surface area contributed by atoms with E-state index in [1.807, 2.05) is 12.2 Å². The molecule has 0 aromatic heterocycles. The topological polar surface area (TPSA) is 71.1 Å². The molecule has 0 saturated heterocycles. The summed E-state index contributed by atoms with van der Waals surface area (Å²) in [6, 6.07) is 0. The molecule has 102 valence electrons. The van der Waals surface area contributed by atoms with E-state index in [0.29, 0.717) is 12.8 Å². The van der Waals surface area contributed by atoms with Crippen molar-refractivity contribution in [3.05, 3.63) is 12.2 Å². The second-order valence-electron chi connectivity index (χ2n) is 3.86. The Morgan fingerprint density at radius 2 is 1.61 bits per heavy atom. The maximum atomic E-state index is 11.1. The van der Waals surface area contributed by atoms with Crippen LogP contribution in [0.25, 0.3) is 0 Å². The van der Waals surface area contributed by atoms with Gasteiger partial charge in [-0.2, -0.15) is 0 Å². The molecule has 6 heteroatoms. The molecule has 0 radical (unpaired) electrons. The van der Waals surface area contributed by atoms with Gasteiger partial charge in [-0.1, -0.05) is 12.2 Å². The zero-order valence-electron chi connectivity index (χ0n) is 10.6. The molecule has 2 unspecified atom stereocenters. The van der Waals surface area contributed by atoms with Gasteiger partial charge in [-0.25, -0.2) is 9.59 Å². The van der Waals surface area contributed by atoms with Crippen LogP contribution in [0.3, 0.4) is 0 Å². The average molecular weight is 258 g/mol. The fraction of sp³-hybridized carbons (Fsp3) is 0.667. The van der Waals surface area contributed by atoms with Crippen LogP contribution in [-0.2, 0) is 18.9 Å². The quantitative estimate of drug-likeness (QED) is 0.559. The van der Waals surface area contributed by atoms with Crippen molar-refractivity contribution in [1.82, 2.24) is 0 Å². The number of allylic oxidation sites excluding steroid dienone is 1. The van der Waals surface area contributed by atoms with E-state index in [1.165, 1.54) is 14.2 Å². The Balaban J connectivity index is 2.67. The number of hydrogen-bond donors (Lipinski definition) is 0. The molecule has 1 aliphatic rings. The fourth-order valence-corrected chi connectivity index (χ4v) is 1.72. The van der Waals surface area contributed by atoms with Crippen molar-refractivity contribution < 1.29 is 28.5 Å². The van der Waals surface area contributed by atoms with Gasteiger partial charge in [0.1, 0.15) is 12.2 Å². The molecule has 0 N–H and O–H groups in total. The molecule has 0 bridgehead atoms. The molecule has 1 aliphatic carbocycles. The van der Waals surface area contributed by atoms with Gasteiger partial charge in [0.2, 0.25) is 0 Å². The first-order valence-electron chi connectivity index (χ1n) is 5.81. The van der Waals surface area contributed by atoms with E-state index in [-0.39, 0.29) is 0 Å². The van der Waals surface area contributed by atoms with Gasteiger partial charge in [-0.15, -0.1) is 0 Å². The van der Waals surface area contributed by atoms with Crippen molar-refractivity contribution in [2.24, 2.45) is 0 Å². The molecule has 0 amide bonds. The van der Waals surface area contributed by atoms with Crippen molar-refractivity contribution in [3.63, 3.8) is 0 Å². The third kappa shape index (κ3) is 4.65. The first-order chi connectivity index (χ1) is 8.67. The molecule has 0 fully saturated rings. The number of methoxy groups -OCH3 is 2. The lowest BCUT2D eigenvalue weighted by Gasteiger charge is -2.26. The van der Waals surface area contributed by atoms with Crippen LogP contribution in [0.5, 0.6) is 0 Å². The average Bonchev–Trinajstić information content (AvgIpc) is 2.36. The SMILES string of the molecule is COC(=O)OC1CC=CCCCC1OC(=O)OC. The molecule has 2 atom stereocenters. The molecule has 0 aliphatic heterocycles. The lowest BCUT2D eigenvalue weighted by atomic mass is 10.0. The van der Waals surface area contributed by atoms with Gasteiger partial charge in [0, 0.05) is 6.42 Å². The summed E-state index contributed by atoms with van der Waals surface area (Å²) >= 11 is 0. The van der Waals surface area contributed by atoms with Gasteiger partial charge in [-0.05, 0) is 19.3 Å². The van der Waals surface area contributed by atoms with E-state index in [4.69, 9.17) is 9.47 Å². The molecule has 0 saturated carbocycles. The zero-order chi connectivity index (χ0) is 13.4. The van der Waals surface area contributed by atoms with E-state index in [9.17, 15) is 9.59 Å². The summed E-state index contributed by atoms with van der Waals surface area (Å²) in [4.78, 5) is 22.3. The maximum absolute atomic E-state index is 11.1. The molecule has 18 heavy (non-hydrogen) atoms. The molecule has 6 nitrogen and oxygen atoms in total. The van der Waals surface area contributed by atoms with Crippen LogP contribution >= 0.6 is 0 Å². The Labute approximate surface area is 106 Å². The van der Waals surface area contributed by atoms with Gasteiger partial charge >= 0.3 is 12.3 Å². The van der Waals surface area contributed by atoms with Gasteiger partial charge in [0.25, 0.3) is 0 Å². The summed E-state index contributed by atoms with van der Waals surface area (Å²) in [5.74, 6) is 0. The Bertz CT molecular complexity index is 312. The van der Waals surface area contributed by atoms with Crippen LogP contribution in [0, 0.1) is 0 Å². The van der Waals surface area contributed by atoms with Crippen LogP contribution in [0.15, 0.2) is 12.2 Å². The smallest absolute Gasteiger partial charge is 0.438 e. The van der Waals surface area contributed by atoms with E-state index in [0.717, 1.165) is 12.8 Å². The Morgan fingerprint density at radius 1 is 1.00 bits per heavy atom. The Kier molecular flexibility index (Phi) is 6.04. The second-order valence-corrected chi connectivity index (χ2v) is 3.86. The molecule has 0 aromatic carbocycles. The number of ether oxygens (including phenoxy) is 4. The molecule has 0 aromatic rings. The highest BCUT2D eigenvalue weighted by Gasteiger charge is 2.29. The summed E-state index contributed by atoms with van der Waals surface area (Å²) in [6.07, 6.45) is 4.15. The molecular formula is C12H18O6.